The molecular formula is C17H14Br2N2O2S. The molecule has 4 rings (SSSR count). The maximum Gasteiger partial charge on any atom is 0.244 e. The van der Waals surface area contributed by atoms with E-state index in [1.807, 2.05) is 30.3 Å². The number of para-hydroxylation sites is 1. The van der Waals surface area contributed by atoms with Gasteiger partial charge in [0, 0.05) is 45.1 Å². The summed E-state index contributed by atoms with van der Waals surface area (Å²) in [6, 6.07) is 13.2. The third-order valence-corrected chi connectivity index (χ3v) is 7.69. The van der Waals surface area contributed by atoms with Crippen LogP contribution in [0.25, 0.3) is 10.9 Å². The van der Waals surface area contributed by atoms with Gasteiger partial charge in [0.25, 0.3) is 0 Å². The first-order chi connectivity index (χ1) is 11.5. The number of halogens is 2. The normalized spacial score (nSPS) is 15.6. The summed E-state index contributed by atoms with van der Waals surface area (Å²) in [6.07, 6.45) is 0.689. The lowest BCUT2D eigenvalue weighted by Crippen LogP contribution is -2.36. The second-order valence-corrected chi connectivity index (χ2v) is 9.47. The molecule has 0 radical (unpaired) electrons. The average molecular weight is 470 g/mol. The Bertz CT molecular complexity index is 1040. The van der Waals surface area contributed by atoms with Crippen LogP contribution in [0.3, 0.4) is 0 Å². The summed E-state index contributed by atoms with van der Waals surface area (Å²) in [4.78, 5) is 3.70. The lowest BCUT2D eigenvalue weighted by molar-refractivity contribution is 0.391. The molecular weight excluding hydrogens is 456 g/mol. The number of hydrogen-bond acceptors (Lipinski definition) is 2. The maximum absolute atomic E-state index is 13.1. The zero-order valence-electron chi connectivity index (χ0n) is 12.6. The van der Waals surface area contributed by atoms with Crippen LogP contribution >= 0.6 is 31.9 Å². The van der Waals surface area contributed by atoms with Crippen LogP contribution in [0, 0.1) is 0 Å². The number of fused-ring (bicyclic) bond motifs is 3. The molecule has 0 unspecified atom stereocenters. The van der Waals surface area contributed by atoms with Crippen LogP contribution in [0.15, 0.2) is 56.3 Å². The van der Waals surface area contributed by atoms with Gasteiger partial charge in [-0.25, -0.2) is 8.42 Å². The fourth-order valence-corrected chi connectivity index (χ4v) is 6.03. The van der Waals surface area contributed by atoms with Gasteiger partial charge in [-0.1, -0.05) is 34.1 Å². The predicted molar refractivity (Wildman–Crippen MR) is 101 cm³/mol. The Morgan fingerprint density at radius 2 is 1.88 bits per heavy atom. The van der Waals surface area contributed by atoms with Crippen molar-refractivity contribution >= 4 is 52.8 Å². The molecule has 2 heterocycles. The van der Waals surface area contributed by atoms with Gasteiger partial charge in [-0.3, -0.25) is 0 Å². The molecule has 0 aliphatic carbocycles. The Hall–Kier alpha value is -1.15. The number of benzene rings is 2. The van der Waals surface area contributed by atoms with E-state index in [0.717, 1.165) is 26.6 Å². The summed E-state index contributed by atoms with van der Waals surface area (Å²) in [5.41, 5.74) is 3.27. The number of hydrogen-bond donors (Lipinski definition) is 1. The van der Waals surface area contributed by atoms with Crippen molar-refractivity contribution in [2.75, 3.05) is 6.54 Å². The highest BCUT2D eigenvalue weighted by molar-refractivity contribution is 9.11. The van der Waals surface area contributed by atoms with Gasteiger partial charge in [0.15, 0.2) is 0 Å². The lowest BCUT2D eigenvalue weighted by atomic mass is 10.1. The second kappa shape index (κ2) is 5.98. The van der Waals surface area contributed by atoms with Crippen molar-refractivity contribution in [3.8, 4) is 0 Å². The smallest absolute Gasteiger partial charge is 0.244 e. The van der Waals surface area contributed by atoms with Gasteiger partial charge in [-0.2, -0.15) is 4.31 Å². The Labute approximate surface area is 157 Å². The molecule has 0 atom stereocenters. The summed E-state index contributed by atoms with van der Waals surface area (Å²) >= 11 is 6.72. The van der Waals surface area contributed by atoms with E-state index in [0.29, 0.717) is 28.9 Å². The maximum atomic E-state index is 13.1. The molecule has 1 N–H and O–H groups in total. The van der Waals surface area contributed by atoms with Gasteiger partial charge < -0.3 is 4.98 Å². The molecule has 0 saturated heterocycles. The van der Waals surface area contributed by atoms with Gasteiger partial charge in [-0.15, -0.1) is 0 Å². The lowest BCUT2D eigenvalue weighted by Gasteiger charge is -2.27. The zero-order valence-corrected chi connectivity index (χ0v) is 16.6. The molecule has 7 heteroatoms. The second-order valence-electron chi connectivity index (χ2n) is 5.79. The molecule has 1 aliphatic heterocycles. The van der Waals surface area contributed by atoms with Gasteiger partial charge in [0.05, 0.1) is 4.90 Å². The minimum Gasteiger partial charge on any atom is -0.358 e. The minimum atomic E-state index is -3.56. The van der Waals surface area contributed by atoms with Crippen LogP contribution in [-0.2, 0) is 23.0 Å². The monoisotopic (exact) mass is 468 g/mol. The minimum absolute atomic E-state index is 0.292. The van der Waals surface area contributed by atoms with Crippen LogP contribution in [0.5, 0.6) is 0 Å². The first-order valence-corrected chi connectivity index (χ1v) is 10.5. The highest BCUT2D eigenvalue weighted by atomic mass is 79.9. The molecule has 0 fully saturated rings. The first-order valence-electron chi connectivity index (χ1n) is 7.50. The molecule has 0 spiro atoms. The fourth-order valence-electron chi connectivity index (χ4n) is 3.16. The number of aromatic amines is 1. The van der Waals surface area contributed by atoms with Crippen molar-refractivity contribution < 1.29 is 8.42 Å². The van der Waals surface area contributed by atoms with E-state index < -0.39 is 10.0 Å². The van der Waals surface area contributed by atoms with Crippen molar-refractivity contribution in [1.82, 2.24) is 9.29 Å². The Morgan fingerprint density at radius 1 is 1.08 bits per heavy atom. The largest absolute Gasteiger partial charge is 0.358 e. The van der Waals surface area contributed by atoms with E-state index in [1.165, 1.54) is 0 Å². The number of rotatable bonds is 2. The molecule has 4 nitrogen and oxygen atoms in total. The molecule has 3 aromatic rings. The molecule has 2 aromatic carbocycles. The average Bonchev–Trinajstić information content (AvgIpc) is 2.94. The van der Waals surface area contributed by atoms with Gasteiger partial charge in [0.2, 0.25) is 10.0 Å². The van der Waals surface area contributed by atoms with Crippen molar-refractivity contribution in [2.24, 2.45) is 0 Å². The van der Waals surface area contributed by atoms with Crippen molar-refractivity contribution in [2.45, 2.75) is 17.9 Å². The SMILES string of the molecule is O=S(=O)(c1cc(Br)ccc1Br)N1CCc2[nH]c3ccccc3c2C1. The third-order valence-electron chi connectivity index (χ3n) is 4.36. The van der Waals surface area contributed by atoms with Crippen LogP contribution in [0.2, 0.25) is 0 Å². The molecule has 0 amide bonds. The zero-order chi connectivity index (χ0) is 16.9. The van der Waals surface area contributed by atoms with Crippen molar-refractivity contribution in [3.63, 3.8) is 0 Å². The van der Waals surface area contributed by atoms with E-state index in [-0.39, 0.29) is 0 Å². The molecule has 1 aliphatic rings. The number of H-pyrrole nitrogens is 1. The summed E-state index contributed by atoms with van der Waals surface area (Å²) in [6.45, 7) is 0.863. The third kappa shape index (κ3) is 2.63. The molecule has 1 aromatic heterocycles. The number of nitrogens with one attached hydrogen (secondary N) is 1. The number of nitrogens with zero attached hydrogens (tertiary/aromatic N) is 1. The topological polar surface area (TPSA) is 53.2 Å². The Morgan fingerprint density at radius 3 is 2.71 bits per heavy atom. The summed E-state index contributed by atoms with van der Waals surface area (Å²) < 4.78 is 29.1. The molecule has 0 bridgehead atoms. The summed E-state index contributed by atoms with van der Waals surface area (Å²) in [5.74, 6) is 0. The quantitative estimate of drug-likeness (QED) is 0.603. The number of aromatic nitrogens is 1. The Kier molecular flexibility index (Phi) is 4.07. The highest BCUT2D eigenvalue weighted by Gasteiger charge is 2.31. The van der Waals surface area contributed by atoms with E-state index >= 15 is 0 Å². The first kappa shape index (κ1) is 16.3. The van der Waals surface area contributed by atoms with Crippen LogP contribution in [0.1, 0.15) is 11.3 Å². The van der Waals surface area contributed by atoms with Crippen LogP contribution in [0.4, 0.5) is 0 Å². The molecule has 0 saturated carbocycles. The van der Waals surface area contributed by atoms with E-state index in [4.69, 9.17) is 0 Å². The van der Waals surface area contributed by atoms with Gasteiger partial charge in [-0.05, 0) is 45.8 Å². The highest BCUT2D eigenvalue weighted by Crippen LogP contribution is 2.33. The Balaban J connectivity index is 1.77. The van der Waals surface area contributed by atoms with E-state index in [9.17, 15) is 8.42 Å². The number of sulfonamides is 1. The predicted octanol–water partition coefficient (Wildman–Crippen LogP) is 4.44. The van der Waals surface area contributed by atoms with Crippen LogP contribution < -0.4 is 0 Å². The van der Waals surface area contributed by atoms with Gasteiger partial charge >= 0.3 is 0 Å². The standard InChI is InChI=1S/C17H14Br2N2O2S/c18-11-5-6-14(19)17(9-11)24(22,23)21-8-7-16-13(10-21)12-3-1-2-4-15(12)20-16/h1-6,9,20H,7-8,10H2. The fraction of sp³-hybridized carbons (Fsp3) is 0.176. The van der Waals surface area contributed by atoms with Crippen LogP contribution in [-0.4, -0.2) is 24.3 Å². The van der Waals surface area contributed by atoms with Crippen molar-refractivity contribution in [1.29, 1.82) is 0 Å². The van der Waals surface area contributed by atoms with E-state index in [1.54, 1.807) is 16.4 Å². The molecule has 24 heavy (non-hydrogen) atoms. The summed E-state index contributed by atoms with van der Waals surface area (Å²) in [5, 5.41) is 1.10. The molecule has 124 valence electrons. The van der Waals surface area contributed by atoms with Crippen molar-refractivity contribution in [3.05, 3.63) is 62.7 Å². The summed E-state index contributed by atoms with van der Waals surface area (Å²) in [7, 11) is -3.56. The van der Waals surface area contributed by atoms with Gasteiger partial charge in [0.1, 0.15) is 0 Å². The van der Waals surface area contributed by atoms with E-state index in [2.05, 4.69) is 36.8 Å².